The highest BCUT2D eigenvalue weighted by molar-refractivity contribution is 5.87. The maximum Gasteiger partial charge on any atom is 0.242 e. The largest absolute Gasteiger partial charge is 0.352 e. The predicted molar refractivity (Wildman–Crippen MR) is 89.4 cm³/mol. The summed E-state index contributed by atoms with van der Waals surface area (Å²) < 4.78 is 0. The maximum atomic E-state index is 12.3. The lowest BCUT2D eigenvalue weighted by Gasteiger charge is -2.29. The molecule has 4 nitrogen and oxygen atoms in total. The zero-order chi connectivity index (χ0) is 16.7. The molecule has 0 aliphatic carbocycles. The molecule has 2 atom stereocenters. The molecule has 0 spiro atoms. The van der Waals surface area contributed by atoms with Gasteiger partial charge in [-0.15, -0.1) is 0 Å². The number of rotatable bonds is 7. The quantitative estimate of drug-likeness (QED) is 0.841. The van der Waals surface area contributed by atoms with Crippen LogP contribution >= 0.6 is 0 Å². The molecule has 0 aliphatic heterocycles. The number of carbonyl (C=O) groups is 2. The zero-order valence-electron chi connectivity index (χ0n) is 14.3. The molecule has 122 valence electrons. The Morgan fingerprint density at radius 2 is 1.73 bits per heavy atom. The number of nitrogens with one attached hydrogen (secondary N) is 1. The standard InChI is InChI=1S/C18H28N2O2/c1-6-14(4)19-18(22)15(5)20(17(21)7-2)12-16-10-8-13(3)9-11-16/h8-11,14-15H,6-7,12H2,1-5H3,(H,19,22)/t14-,15+/m0/s1. The van der Waals surface area contributed by atoms with E-state index in [1.165, 1.54) is 5.56 Å². The summed E-state index contributed by atoms with van der Waals surface area (Å²) in [6, 6.07) is 7.70. The SMILES string of the molecule is CCC(=O)N(Cc1ccc(C)cc1)[C@H](C)C(=O)N[C@@H](C)CC. The number of hydrogen-bond donors (Lipinski definition) is 1. The van der Waals surface area contributed by atoms with Crippen LogP contribution in [0.1, 0.15) is 51.7 Å². The van der Waals surface area contributed by atoms with Crippen LogP contribution < -0.4 is 5.32 Å². The average molecular weight is 304 g/mol. The molecule has 0 radical (unpaired) electrons. The Morgan fingerprint density at radius 3 is 2.23 bits per heavy atom. The Balaban J connectivity index is 2.85. The summed E-state index contributed by atoms with van der Waals surface area (Å²) in [6.07, 6.45) is 1.27. The van der Waals surface area contributed by atoms with E-state index in [-0.39, 0.29) is 17.9 Å². The third-order valence-electron chi connectivity index (χ3n) is 3.94. The molecular weight excluding hydrogens is 276 g/mol. The number of benzene rings is 1. The van der Waals surface area contributed by atoms with Gasteiger partial charge in [0.2, 0.25) is 11.8 Å². The van der Waals surface area contributed by atoms with Crippen LogP contribution in [0.5, 0.6) is 0 Å². The molecule has 0 bridgehead atoms. The first kappa shape index (κ1) is 18.2. The first-order valence-corrected chi connectivity index (χ1v) is 8.04. The Kier molecular flexibility index (Phi) is 7.09. The number of hydrogen-bond acceptors (Lipinski definition) is 2. The van der Waals surface area contributed by atoms with E-state index < -0.39 is 6.04 Å². The van der Waals surface area contributed by atoms with E-state index in [1.807, 2.05) is 52.0 Å². The second kappa shape index (κ2) is 8.57. The van der Waals surface area contributed by atoms with Gasteiger partial charge >= 0.3 is 0 Å². The van der Waals surface area contributed by atoms with Crippen molar-refractivity contribution in [3.05, 3.63) is 35.4 Å². The lowest BCUT2D eigenvalue weighted by molar-refractivity contribution is -0.140. The van der Waals surface area contributed by atoms with Crippen LogP contribution in [0.15, 0.2) is 24.3 Å². The van der Waals surface area contributed by atoms with E-state index in [0.29, 0.717) is 13.0 Å². The Labute approximate surface area is 133 Å². The van der Waals surface area contributed by atoms with E-state index in [0.717, 1.165) is 12.0 Å². The summed E-state index contributed by atoms with van der Waals surface area (Å²) in [6.45, 7) is 10.1. The van der Waals surface area contributed by atoms with Crippen molar-refractivity contribution in [3.63, 3.8) is 0 Å². The third-order valence-corrected chi connectivity index (χ3v) is 3.94. The number of nitrogens with zero attached hydrogens (tertiary/aromatic N) is 1. The van der Waals surface area contributed by atoms with Crippen molar-refractivity contribution in [1.82, 2.24) is 10.2 Å². The summed E-state index contributed by atoms with van der Waals surface area (Å²) in [5, 5.41) is 2.95. The van der Waals surface area contributed by atoms with Crippen LogP contribution in [0.25, 0.3) is 0 Å². The van der Waals surface area contributed by atoms with Gasteiger partial charge in [0.05, 0.1) is 0 Å². The van der Waals surface area contributed by atoms with Crippen molar-refractivity contribution < 1.29 is 9.59 Å². The van der Waals surface area contributed by atoms with Gasteiger partial charge in [-0.25, -0.2) is 0 Å². The smallest absolute Gasteiger partial charge is 0.242 e. The molecule has 0 unspecified atom stereocenters. The molecule has 22 heavy (non-hydrogen) atoms. The minimum Gasteiger partial charge on any atom is -0.352 e. The van der Waals surface area contributed by atoms with Crippen LogP contribution in [-0.2, 0) is 16.1 Å². The van der Waals surface area contributed by atoms with Crippen LogP contribution in [-0.4, -0.2) is 28.8 Å². The van der Waals surface area contributed by atoms with E-state index in [2.05, 4.69) is 5.32 Å². The van der Waals surface area contributed by atoms with Crippen molar-refractivity contribution in [1.29, 1.82) is 0 Å². The van der Waals surface area contributed by atoms with Gasteiger partial charge in [0, 0.05) is 19.0 Å². The second-order valence-corrected chi connectivity index (χ2v) is 5.85. The molecule has 0 fully saturated rings. The Bertz CT molecular complexity index is 496. The number of amides is 2. The average Bonchev–Trinajstić information content (AvgIpc) is 2.52. The van der Waals surface area contributed by atoms with Gasteiger partial charge in [-0.2, -0.15) is 0 Å². The van der Waals surface area contributed by atoms with E-state index in [1.54, 1.807) is 11.8 Å². The predicted octanol–water partition coefficient (Wildman–Crippen LogP) is 3.04. The van der Waals surface area contributed by atoms with Gasteiger partial charge < -0.3 is 10.2 Å². The van der Waals surface area contributed by atoms with Gasteiger partial charge in [0.15, 0.2) is 0 Å². The molecule has 2 amide bonds. The van der Waals surface area contributed by atoms with Crippen molar-refractivity contribution in [2.45, 2.75) is 66.1 Å². The molecule has 4 heteroatoms. The molecule has 0 saturated heterocycles. The first-order valence-electron chi connectivity index (χ1n) is 8.04. The molecule has 1 aromatic carbocycles. The molecule has 1 N–H and O–H groups in total. The summed E-state index contributed by atoms with van der Waals surface area (Å²) >= 11 is 0. The highest BCUT2D eigenvalue weighted by Gasteiger charge is 2.25. The Hall–Kier alpha value is -1.84. The van der Waals surface area contributed by atoms with Crippen molar-refractivity contribution in [3.8, 4) is 0 Å². The molecule has 1 aromatic rings. The summed E-state index contributed by atoms with van der Waals surface area (Å²) in [4.78, 5) is 26.2. The van der Waals surface area contributed by atoms with Crippen LogP contribution in [0.2, 0.25) is 0 Å². The normalized spacial score (nSPS) is 13.3. The fourth-order valence-electron chi connectivity index (χ4n) is 2.14. The van der Waals surface area contributed by atoms with Gasteiger partial charge in [0.25, 0.3) is 0 Å². The highest BCUT2D eigenvalue weighted by atomic mass is 16.2. The minimum atomic E-state index is -0.470. The lowest BCUT2D eigenvalue weighted by Crippen LogP contribution is -2.49. The van der Waals surface area contributed by atoms with E-state index in [9.17, 15) is 9.59 Å². The molecule has 1 rings (SSSR count). The van der Waals surface area contributed by atoms with Gasteiger partial charge in [-0.05, 0) is 32.8 Å². The summed E-state index contributed by atoms with van der Waals surface area (Å²) in [5.74, 6) is -0.101. The van der Waals surface area contributed by atoms with Crippen LogP contribution in [0.4, 0.5) is 0 Å². The third kappa shape index (κ3) is 5.17. The fraction of sp³-hybridized carbons (Fsp3) is 0.556. The van der Waals surface area contributed by atoms with Crippen molar-refractivity contribution in [2.24, 2.45) is 0 Å². The topological polar surface area (TPSA) is 49.4 Å². The van der Waals surface area contributed by atoms with Crippen LogP contribution in [0.3, 0.4) is 0 Å². The van der Waals surface area contributed by atoms with Gasteiger partial charge in [-0.3, -0.25) is 9.59 Å². The lowest BCUT2D eigenvalue weighted by atomic mass is 10.1. The van der Waals surface area contributed by atoms with Crippen molar-refractivity contribution >= 4 is 11.8 Å². The summed E-state index contributed by atoms with van der Waals surface area (Å²) in [5.41, 5.74) is 2.22. The molecule has 0 saturated carbocycles. The highest BCUT2D eigenvalue weighted by Crippen LogP contribution is 2.12. The Morgan fingerprint density at radius 1 is 1.14 bits per heavy atom. The fourth-order valence-corrected chi connectivity index (χ4v) is 2.14. The molecule has 0 aliphatic rings. The van der Waals surface area contributed by atoms with E-state index in [4.69, 9.17) is 0 Å². The number of carbonyl (C=O) groups excluding carboxylic acids is 2. The van der Waals surface area contributed by atoms with Crippen molar-refractivity contribution in [2.75, 3.05) is 0 Å². The van der Waals surface area contributed by atoms with Crippen LogP contribution in [0, 0.1) is 6.92 Å². The molecule has 0 aromatic heterocycles. The van der Waals surface area contributed by atoms with E-state index >= 15 is 0 Å². The monoisotopic (exact) mass is 304 g/mol. The first-order chi connectivity index (χ1) is 10.4. The number of aryl methyl sites for hydroxylation is 1. The van der Waals surface area contributed by atoms with Gasteiger partial charge in [0.1, 0.15) is 6.04 Å². The minimum absolute atomic E-state index is 0.00706. The second-order valence-electron chi connectivity index (χ2n) is 5.85. The zero-order valence-corrected chi connectivity index (χ0v) is 14.3. The van der Waals surface area contributed by atoms with Gasteiger partial charge in [-0.1, -0.05) is 43.7 Å². The molecular formula is C18H28N2O2. The summed E-state index contributed by atoms with van der Waals surface area (Å²) in [7, 11) is 0. The molecule has 0 heterocycles. The maximum absolute atomic E-state index is 12.3.